The van der Waals surface area contributed by atoms with Crippen LogP contribution in [-0.2, 0) is 13.6 Å². The molecule has 0 radical (unpaired) electrons. The maximum atomic E-state index is 12.1. The average Bonchev–Trinajstić information content (AvgIpc) is 2.85. The lowest BCUT2D eigenvalue weighted by molar-refractivity contribution is 0.0776. The Bertz CT molecular complexity index is 572. The van der Waals surface area contributed by atoms with E-state index < -0.39 is 0 Å². The number of aromatic nitrogens is 3. The molecule has 0 aliphatic carbocycles. The van der Waals surface area contributed by atoms with E-state index in [2.05, 4.69) is 26.1 Å². The third kappa shape index (κ3) is 2.64. The Hall–Kier alpha value is -1.56. The second-order valence-corrected chi connectivity index (χ2v) is 5.27. The standard InChI is InChI=1S/C12H15BrN4O/c1-8-4-11(15-14-8)12(18)17(3)7-10-5-9(13)6-16(10)2/h4-6H,7H2,1-3H3,(H,14,15). The van der Waals surface area contributed by atoms with Crippen LogP contribution in [0.1, 0.15) is 21.9 Å². The number of nitrogens with zero attached hydrogens (tertiary/aromatic N) is 3. The molecule has 18 heavy (non-hydrogen) atoms. The summed E-state index contributed by atoms with van der Waals surface area (Å²) in [5.74, 6) is -0.0864. The molecule has 0 aliphatic heterocycles. The van der Waals surface area contributed by atoms with Gasteiger partial charge in [0.2, 0.25) is 0 Å². The van der Waals surface area contributed by atoms with Crippen LogP contribution in [0.5, 0.6) is 0 Å². The van der Waals surface area contributed by atoms with Crippen LogP contribution in [0, 0.1) is 6.92 Å². The van der Waals surface area contributed by atoms with Gasteiger partial charge in [0, 0.05) is 36.2 Å². The monoisotopic (exact) mass is 310 g/mol. The number of hydrogen-bond acceptors (Lipinski definition) is 2. The van der Waals surface area contributed by atoms with E-state index in [0.717, 1.165) is 15.9 Å². The van der Waals surface area contributed by atoms with Crippen molar-refractivity contribution in [1.29, 1.82) is 0 Å². The minimum absolute atomic E-state index is 0.0864. The highest BCUT2D eigenvalue weighted by molar-refractivity contribution is 9.10. The summed E-state index contributed by atoms with van der Waals surface area (Å²) in [5, 5.41) is 6.75. The first kappa shape index (κ1) is 12.9. The Balaban J connectivity index is 2.10. The summed E-state index contributed by atoms with van der Waals surface area (Å²) >= 11 is 3.42. The molecule has 0 atom stereocenters. The minimum atomic E-state index is -0.0864. The van der Waals surface area contributed by atoms with Crippen LogP contribution < -0.4 is 0 Å². The molecule has 0 aliphatic rings. The van der Waals surface area contributed by atoms with Crippen LogP contribution in [-0.4, -0.2) is 32.6 Å². The molecule has 0 aromatic carbocycles. The van der Waals surface area contributed by atoms with Crippen molar-refractivity contribution in [3.63, 3.8) is 0 Å². The number of amides is 1. The number of aromatic amines is 1. The van der Waals surface area contributed by atoms with Crippen molar-refractivity contribution in [2.75, 3.05) is 7.05 Å². The molecule has 2 rings (SSSR count). The van der Waals surface area contributed by atoms with Crippen LogP contribution in [0.25, 0.3) is 0 Å². The highest BCUT2D eigenvalue weighted by atomic mass is 79.9. The van der Waals surface area contributed by atoms with Gasteiger partial charge in [-0.15, -0.1) is 0 Å². The number of carbonyl (C=O) groups excluding carboxylic acids is 1. The fraction of sp³-hybridized carbons (Fsp3) is 0.333. The number of H-pyrrole nitrogens is 1. The van der Waals surface area contributed by atoms with Gasteiger partial charge in [0.25, 0.3) is 5.91 Å². The van der Waals surface area contributed by atoms with E-state index in [0.29, 0.717) is 12.2 Å². The third-order valence-corrected chi connectivity index (χ3v) is 3.18. The Morgan fingerprint density at radius 1 is 1.56 bits per heavy atom. The van der Waals surface area contributed by atoms with Gasteiger partial charge in [0.1, 0.15) is 5.69 Å². The molecule has 2 aromatic rings. The molecule has 2 heterocycles. The summed E-state index contributed by atoms with van der Waals surface area (Å²) < 4.78 is 3.00. The highest BCUT2D eigenvalue weighted by Crippen LogP contribution is 2.15. The summed E-state index contributed by atoms with van der Waals surface area (Å²) in [6.07, 6.45) is 1.96. The minimum Gasteiger partial charge on any atom is -0.352 e. The molecule has 0 spiro atoms. The predicted molar refractivity (Wildman–Crippen MR) is 72.2 cm³/mol. The van der Waals surface area contributed by atoms with E-state index in [1.807, 2.05) is 30.8 Å². The van der Waals surface area contributed by atoms with Gasteiger partial charge in [-0.05, 0) is 35.0 Å². The summed E-state index contributed by atoms with van der Waals surface area (Å²) in [6.45, 7) is 2.42. The van der Waals surface area contributed by atoms with Crippen LogP contribution in [0.3, 0.4) is 0 Å². The fourth-order valence-corrected chi connectivity index (χ4v) is 2.33. The van der Waals surface area contributed by atoms with E-state index in [4.69, 9.17) is 0 Å². The SMILES string of the molecule is Cc1cc(C(=O)N(C)Cc2cc(Br)cn2C)n[nH]1. The van der Waals surface area contributed by atoms with Crippen molar-refractivity contribution in [3.8, 4) is 0 Å². The number of halogens is 1. The van der Waals surface area contributed by atoms with E-state index in [1.54, 1.807) is 18.0 Å². The smallest absolute Gasteiger partial charge is 0.274 e. The molecule has 0 saturated carbocycles. The Labute approximate surface area is 114 Å². The number of aryl methyl sites for hydroxylation is 2. The second-order valence-electron chi connectivity index (χ2n) is 4.36. The van der Waals surface area contributed by atoms with Crippen molar-refractivity contribution < 1.29 is 4.79 Å². The number of nitrogens with one attached hydrogen (secondary N) is 1. The van der Waals surface area contributed by atoms with Gasteiger partial charge < -0.3 is 9.47 Å². The van der Waals surface area contributed by atoms with Crippen LogP contribution in [0.2, 0.25) is 0 Å². The molecule has 2 aromatic heterocycles. The molecule has 0 unspecified atom stereocenters. The molecular formula is C12H15BrN4O. The lowest BCUT2D eigenvalue weighted by atomic mass is 10.3. The first-order valence-corrected chi connectivity index (χ1v) is 6.35. The van der Waals surface area contributed by atoms with Crippen molar-refractivity contribution in [2.24, 2.45) is 7.05 Å². The highest BCUT2D eigenvalue weighted by Gasteiger charge is 2.16. The molecule has 0 saturated heterocycles. The molecule has 96 valence electrons. The van der Waals surface area contributed by atoms with Crippen molar-refractivity contribution in [2.45, 2.75) is 13.5 Å². The summed E-state index contributed by atoms with van der Waals surface area (Å²) in [5.41, 5.74) is 2.39. The van der Waals surface area contributed by atoms with Crippen LogP contribution >= 0.6 is 15.9 Å². The van der Waals surface area contributed by atoms with Gasteiger partial charge in [-0.3, -0.25) is 9.89 Å². The first-order chi connectivity index (χ1) is 8.47. The maximum Gasteiger partial charge on any atom is 0.274 e. The molecule has 0 bridgehead atoms. The first-order valence-electron chi connectivity index (χ1n) is 5.55. The lowest BCUT2D eigenvalue weighted by Crippen LogP contribution is -2.27. The maximum absolute atomic E-state index is 12.1. The van der Waals surface area contributed by atoms with E-state index in [1.165, 1.54) is 0 Å². The predicted octanol–water partition coefficient (Wildman–Crippen LogP) is 2.09. The second kappa shape index (κ2) is 4.97. The topological polar surface area (TPSA) is 53.9 Å². The zero-order valence-corrected chi connectivity index (χ0v) is 12.2. The third-order valence-electron chi connectivity index (χ3n) is 2.75. The van der Waals surface area contributed by atoms with Crippen molar-refractivity contribution in [1.82, 2.24) is 19.7 Å². The summed E-state index contributed by atoms with van der Waals surface area (Å²) in [6, 6.07) is 3.75. The molecule has 5 nitrogen and oxygen atoms in total. The molecule has 0 fully saturated rings. The van der Waals surface area contributed by atoms with Gasteiger partial charge in [0.15, 0.2) is 0 Å². The van der Waals surface area contributed by atoms with Crippen LogP contribution in [0.4, 0.5) is 0 Å². The average molecular weight is 311 g/mol. The van der Waals surface area contributed by atoms with E-state index in [-0.39, 0.29) is 5.91 Å². The quantitative estimate of drug-likeness (QED) is 0.944. The molecular weight excluding hydrogens is 296 g/mol. The van der Waals surface area contributed by atoms with Crippen LogP contribution in [0.15, 0.2) is 22.8 Å². The molecule has 1 amide bonds. The Morgan fingerprint density at radius 3 is 2.78 bits per heavy atom. The van der Waals surface area contributed by atoms with Gasteiger partial charge in [0.05, 0.1) is 6.54 Å². The Kier molecular flexibility index (Phi) is 3.56. The van der Waals surface area contributed by atoms with Crippen molar-refractivity contribution >= 4 is 21.8 Å². The van der Waals surface area contributed by atoms with Gasteiger partial charge in [-0.2, -0.15) is 5.10 Å². The number of rotatable bonds is 3. The van der Waals surface area contributed by atoms with Gasteiger partial charge >= 0.3 is 0 Å². The fourth-order valence-electron chi connectivity index (χ4n) is 1.76. The normalized spacial score (nSPS) is 10.7. The summed E-state index contributed by atoms with van der Waals surface area (Å²) in [4.78, 5) is 13.8. The summed E-state index contributed by atoms with van der Waals surface area (Å²) in [7, 11) is 3.73. The number of carbonyl (C=O) groups is 1. The van der Waals surface area contributed by atoms with Gasteiger partial charge in [-0.1, -0.05) is 0 Å². The largest absolute Gasteiger partial charge is 0.352 e. The van der Waals surface area contributed by atoms with Crippen molar-refractivity contribution in [3.05, 3.63) is 39.9 Å². The Morgan fingerprint density at radius 2 is 2.28 bits per heavy atom. The van der Waals surface area contributed by atoms with E-state index in [9.17, 15) is 4.79 Å². The molecule has 6 heteroatoms. The zero-order valence-electron chi connectivity index (χ0n) is 10.6. The zero-order chi connectivity index (χ0) is 13.3. The van der Waals surface area contributed by atoms with Gasteiger partial charge in [-0.25, -0.2) is 0 Å². The number of hydrogen-bond donors (Lipinski definition) is 1. The lowest BCUT2D eigenvalue weighted by Gasteiger charge is -2.16. The molecule has 1 N–H and O–H groups in total. The van der Waals surface area contributed by atoms with E-state index >= 15 is 0 Å².